The van der Waals surface area contributed by atoms with Crippen LogP contribution in [0.5, 0.6) is 0 Å². The van der Waals surface area contributed by atoms with Gasteiger partial charge in [0.2, 0.25) is 0 Å². The first kappa shape index (κ1) is 14.3. The van der Waals surface area contributed by atoms with Gasteiger partial charge in [0, 0.05) is 18.7 Å². The fourth-order valence-corrected chi connectivity index (χ4v) is 2.74. The maximum absolute atomic E-state index is 12.3. The number of carbonyl (C=O) groups is 2. The molecule has 1 aliphatic heterocycles. The quantitative estimate of drug-likeness (QED) is 0.945. The molecule has 1 aliphatic rings. The van der Waals surface area contributed by atoms with E-state index in [2.05, 4.69) is 0 Å². The van der Waals surface area contributed by atoms with Crippen LogP contribution in [0.25, 0.3) is 11.1 Å². The van der Waals surface area contributed by atoms with Crippen LogP contribution >= 0.6 is 0 Å². The van der Waals surface area contributed by atoms with Crippen LogP contribution < -0.4 is 0 Å². The van der Waals surface area contributed by atoms with Crippen LogP contribution in [0.15, 0.2) is 48.5 Å². The number of nitrogens with zero attached hydrogens (tertiary/aromatic N) is 1. The van der Waals surface area contributed by atoms with Gasteiger partial charge in [0.1, 0.15) is 0 Å². The van der Waals surface area contributed by atoms with Crippen LogP contribution in [0.1, 0.15) is 33.6 Å². The molecular formula is C18H17NO3. The van der Waals surface area contributed by atoms with E-state index in [-0.39, 0.29) is 11.5 Å². The Hall–Kier alpha value is -2.62. The molecule has 1 fully saturated rings. The molecule has 1 N–H and O–H groups in total. The number of benzene rings is 2. The van der Waals surface area contributed by atoms with Gasteiger partial charge in [-0.25, -0.2) is 4.79 Å². The molecule has 0 bridgehead atoms. The topological polar surface area (TPSA) is 57.6 Å². The van der Waals surface area contributed by atoms with E-state index < -0.39 is 5.97 Å². The molecule has 2 aromatic carbocycles. The van der Waals surface area contributed by atoms with Crippen molar-refractivity contribution in [2.24, 2.45) is 0 Å². The van der Waals surface area contributed by atoms with E-state index in [9.17, 15) is 9.59 Å². The van der Waals surface area contributed by atoms with Gasteiger partial charge in [0.25, 0.3) is 5.91 Å². The van der Waals surface area contributed by atoms with Crippen molar-refractivity contribution in [3.63, 3.8) is 0 Å². The summed E-state index contributed by atoms with van der Waals surface area (Å²) in [7, 11) is 0. The zero-order valence-corrected chi connectivity index (χ0v) is 12.2. The highest BCUT2D eigenvalue weighted by atomic mass is 16.4. The third-order valence-corrected chi connectivity index (χ3v) is 3.97. The number of amides is 1. The van der Waals surface area contributed by atoms with Crippen molar-refractivity contribution in [1.82, 2.24) is 4.90 Å². The Kier molecular flexibility index (Phi) is 3.92. The summed E-state index contributed by atoms with van der Waals surface area (Å²) in [5.41, 5.74) is 2.68. The summed E-state index contributed by atoms with van der Waals surface area (Å²) in [5, 5.41) is 9.04. The molecule has 1 heterocycles. The van der Waals surface area contributed by atoms with Gasteiger partial charge in [-0.15, -0.1) is 0 Å². The number of hydrogen-bond donors (Lipinski definition) is 1. The summed E-state index contributed by atoms with van der Waals surface area (Å²) in [4.78, 5) is 25.2. The van der Waals surface area contributed by atoms with Gasteiger partial charge in [-0.05, 0) is 48.2 Å². The molecule has 1 amide bonds. The second kappa shape index (κ2) is 6.02. The van der Waals surface area contributed by atoms with E-state index in [1.807, 2.05) is 35.2 Å². The van der Waals surface area contributed by atoms with Crippen molar-refractivity contribution in [3.8, 4) is 11.1 Å². The van der Waals surface area contributed by atoms with Crippen molar-refractivity contribution in [1.29, 1.82) is 0 Å². The monoisotopic (exact) mass is 295 g/mol. The van der Waals surface area contributed by atoms with Crippen LogP contribution in [-0.4, -0.2) is 35.0 Å². The summed E-state index contributed by atoms with van der Waals surface area (Å²) >= 11 is 0. The SMILES string of the molecule is O=C(O)c1cccc(-c2ccc(C(=O)N3CCCC3)cc2)c1. The Labute approximate surface area is 129 Å². The molecule has 0 spiro atoms. The summed E-state index contributed by atoms with van der Waals surface area (Å²) in [5.74, 6) is -0.869. The molecule has 4 heteroatoms. The summed E-state index contributed by atoms with van der Waals surface area (Å²) in [6, 6.07) is 14.1. The smallest absolute Gasteiger partial charge is 0.335 e. The number of aromatic carboxylic acids is 1. The summed E-state index contributed by atoms with van der Waals surface area (Å²) in [6.45, 7) is 1.67. The van der Waals surface area contributed by atoms with Gasteiger partial charge in [0.15, 0.2) is 0 Å². The Morgan fingerprint density at radius 1 is 0.864 bits per heavy atom. The maximum atomic E-state index is 12.3. The highest BCUT2D eigenvalue weighted by molar-refractivity contribution is 5.95. The third-order valence-electron chi connectivity index (χ3n) is 3.97. The normalized spacial score (nSPS) is 14.1. The van der Waals surface area contributed by atoms with Crippen LogP contribution in [0.2, 0.25) is 0 Å². The lowest BCUT2D eigenvalue weighted by molar-refractivity contribution is 0.0696. The minimum atomic E-state index is -0.942. The Bertz CT molecular complexity index is 701. The van der Waals surface area contributed by atoms with Gasteiger partial charge in [-0.2, -0.15) is 0 Å². The molecule has 0 unspecified atom stereocenters. The molecule has 3 rings (SSSR count). The van der Waals surface area contributed by atoms with E-state index >= 15 is 0 Å². The van der Waals surface area contributed by atoms with Crippen LogP contribution in [0, 0.1) is 0 Å². The van der Waals surface area contributed by atoms with Gasteiger partial charge in [-0.1, -0.05) is 24.3 Å². The summed E-state index contributed by atoms with van der Waals surface area (Å²) in [6.07, 6.45) is 2.15. The second-order valence-electron chi connectivity index (χ2n) is 5.46. The van der Waals surface area contributed by atoms with Crippen LogP contribution in [-0.2, 0) is 0 Å². The minimum absolute atomic E-state index is 0.0725. The number of carbonyl (C=O) groups excluding carboxylic acids is 1. The molecule has 1 saturated heterocycles. The van der Waals surface area contributed by atoms with Gasteiger partial charge in [-0.3, -0.25) is 4.79 Å². The standard InChI is InChI=1S/C18H17NO3/c20-17(19-10-1-2-11-19)14-8-6-13(7-9-14)15-4-3-5-16(12-15)18(21)22/h3-9,12H,1-2,10-11H2,(H,21,22). The molecule has 4 nitrogen and oxygen atoms in total. The molecule has 0 atom stereocenters. The third kappa shape index (κ3) is 2.86. The fraction of sp³-hybridized carbons (Fsp3) is 0.222. The van der Waals surface area contributed by atoms with E-state index in [0.717, 1.165) is 37.1 Å². The number of likely N-dealkylation sites (tertiary alicyclic amines) is 1. The molecule has 0 radical (unpaired) electrons. The Morgan fingerprint density at radius 2 is 1.55 bits per heavy atom. The van der Waals surface area contributed by atoms with E-state index in [1.54, 1.807) is 18.2 Å². The first-order valence-corrected chi connectivity index (χ1v) is 7.38. The molecule has 112 valence electrons. The van der Waals surface area contributed by atoms with Crippen molar-refractivity contribution in [2.75, 3.05) is 13.1 Å². The maximum Gasteiger partial charge on any atom is 0.335 e. The van der Waals surface area contributed by atoms with Crippen molar-refractivity contribution in [2.45, 2.75) is 12.8 Å². The molecule has 22 heavy (non-hydrogen) atoms. The number of carboxylic acids is 1. The average Bonchev–Trinajstić information content (AvgIpc) is 3.09. The van der Waals surface area contributed by atoms with Crippen molar-refractivity contribution >= 4 is 11.9 Å². The zero-order chi connectivity index (χ0) is 15.5. The molecule has 0 aromatic heterocycles. The fourth-order valence-electron chi connectivity index (χ4n) is 2.74. The van der Waals surface area contributed by atoms with E-state index in [0.29, 0.717) is 5.56 Å². The Balaban J connectivity index is 1.83. The minimum Gasteiger partial charge on any atom is -0.478 e. The van der Waals surface area contributed by atoms with Crippen molar-refractivity contribution < 1.29 is 14.7 Å². The number of rotatable bonds is 3. The molecule has 0 aliphatic carbocycles. The first-order chi connectivity index (χ1) is 10.6. The van der Waals surface area contributed by atoms with Crippen LogP contribution in [0.3, 0.4) is 0 Å². The average molecular weight is 295 g/mol. The largest absolute Gasteiger partial charge is 0.478 e. The van der Waals surface area contributed by atoms with Gasteiger partial charge < -0.3 is 10.0 Å². The molecular weight excluding hydrogens is 278 g/mol. The van der Waals surface area contributed by atoms with Crippen LogP contribution in [0.4, 0.5) is 0 Å². The predicted molar refractivity (Wildman–Crippen MR) is 84.0 cm³/mol. The van der Waals surface area contributed by atoms with Gasteiger partial charge >= 0.3 is 5.97 Å². The van der Waals surface area contributed by atoms with Crippen molar-refractivity contribution in [3.05, 3.63) is 59.7 Å². The number of carboxylic acid groups (broad SMARTS) is 1. The zero-order valence-electron chi connectivity index (χ0n) is 12.2. The lowest BCUT2D eigenvalue weighted by atomic mass is 10.0. The van der Waals surface area contributed by atoms with E-state index in [4.69, 9.17) is 5.11 Å². The predicted octanol–water partition coefficient (Wildman–Crippen LogP) is 3.29. The molecule has 2 aromatic rings. The number of hydrogen-bond acceptors (Lipinski definition) is 2. The lowest BCUT2D eigenvalue weighted by Gasteiger charge is -2.15. The first-order valence-electron chi connectivity index (χ1n) is 7.38. The lowest BCUT2D eigenvalue weighted by Crippen LogP contribution is -2.27. The second-order valence-corrected chi connectivity index (χ2v) is 5.46. The molecule has 0 saturated carbocycles. The Morgan fingerprint density at radius 3 is 2.18 bits per heavy atom. The highest BCUT2D eigenvalue weighted by Gasteiger charge is 2.19. The van der Waals surface area contributed by atoms with E-state index in [1.165, 1.54) is 0 Å². The highest BCUT2D eigenvalue weighted by Crippen LogP contribution is 2.22. The summed E-state index contributed by atoms with van der Waals surface area (Å²) < 4.78 is 0. The van der Waals surface area contributed by atoms with Gasteiger partial charge in [0.05, 0.1) is 5.56 Å².